The Morgan fingerprint density at radius 2 is 2.04 bits per heavy atom. The lowest BCUT2D eigenvalue weighted by atomic mass is 9.93. The minimum Gasteiger partial charge on any atom is -0.478 e. The van der Waals surface area contributed by atoms with Gasteiger partial charge in [0.25, 0.3) is 0 Å². The average Bonchev–Trinajstić information content (AvgIpc) is 3.41. The first-order chi connectivity index (χ1) is 12.0. The van der Waals surface area contributed by atoms with Crippen LogP contribution < -0.4 is 0 Å². The predicted molar refractivity (Wildman–Crippen MR) is 96.1 cm³/mol. The summed E-state index contributed by atoms with van der Waals surface area (Å²) in [6, 6.07) is 5.78. The van der Waals surface area contributed by atoms with Crippen molar-refractivity contribution in [3.05, 3.63) is 47.3 Å². The van der Waals surface area contributed by atoms with Gasteiger partial charge < -0.3 is 5.11 Å². The quantitative estimate of drug-likeness (QED) is 0.786. The van der Waals surface area contributed by atoms with Gasteiger partial charge in [0, 0.05) is 35.9 Å². The van der Waals surface area contributed by atoms with E-state index in [0.717, 1.165) is 24.8 Å². The van der Waals surface area contributed by atoms with Gasteiger partial charge >= 0.3 is 5.97 Å². The van der Waals surface area contributed by atoms with Gasteiger partial charge in [-0.15, -0.1) is 0 Å². The van der Waals surface area contributed by atoms with Crippen molar-refractivity contribution in [2.24, 2.45) is 5.92 Å². The zero-order chi connectivity index (χ0) is 18.0. The van der Waals surface area contributed by atoms with Gasteiger partial charge in [-0.25, -0.2) is 9.18 Å². The highest BCUT2D eigenvalue weighted by molar-refractivity contribution is 7.99. The Labute approximate surface area is 151 Å². The van der Waals surface area contributed by atoms with Crippen LogP contribution in [0.3, 0.4) is 0 Å². The number of ketones is 1. The Kier molecular flexibility index (Phi) is 5.59. The van der Waals surface area contributed by atoms with Crippen molar-refractivity contribution in [1.82, 2.24) is 4.90 Å². The number of hydrogen-bond donors (Lipinski definition) is 1. The number of carboxylic acid groups (broad SMARTS) is 1. The zero-order valence-corrected chi connectivity index (χ0v) is 15.0. The van der Waals surface area contributed by atoms with E-state index < -0.39 is 12.0 Å². The van der Waals surface area contributed by atoms with Gasteiger partial charge in [-0.2, -0.15) is 11.8 Å². The Balaban J connectivity index is 1.92. The van der Waals surface area contributed by atoms with Crippen molar-refractivity contribution in [2.75, 3.05) is 19.3 Å². The molecule has 1 saturated carbocycles. The van der Waals surface area contributed by atoms with Crippen LogP contribution in [0, 0.1) is 11.7 Å². The van der Waals surface area contributed by atoms with Gasteiger partial charge in [-0.1, -0.05) is 18.2 Å². The van der Waals surface area contributed by atoms with Crippen LogP contribution in [0.2, 0.25) is 0 Å². The van der Waals surface area contributed by atoms with Crippen LogP contribution >= 0.6 is 11.8 Å². The van der Waals surface area contributed by atoms with Gasteiger partial charge in [0.1, 0.15) is 5.82 Å². The number of nitrogens with zero attached hydrogens (tertiary/aromatic N) is 1. The van der Waals surface area contributed by atoms with Crippen LogP contribution in [-0.4, -0.2) is 46.4 Å². The third kappa shape index (κ3) is 4.12. The number of rotatable bonds is 6. The molecule has 1 aliphatic heterocycles. The summed E-state index contributed by atoms with van der Waals surface area (Å²) in [5, 5.41) is 9.27. The molecule has 2 aliphatic rings. The standard InChI is InChI=1S/C19H22FNO3S/c1-25-16-8-9-21(11-13(16)10-17(22)23)18(19(24)12-6-7-12)14-4-2-3-5-15(14)20/h2-5,10,12,16,18H,6-9,11H2,1H3,(H,22,23). The second kappa shape index (κ2) is 7.70. The number of carbonyl (C=O) groups is 2. The van der Waals surface area contributed by atoms with Gasteiger partial charge in [-0.3, -0.25) is 9.69 Å². The summed E-state index contributed by atoms with van der Waals surface area (Å²) in [4.78, 5) is 26.0. The minimum atomic E-state index is -0.980. The molecule has 4 nitrogen and oxygen atoms in total. The monoisotopic (exact) mass is 363 g/mol. The zero-order valence-electron chi connectivity index (χ0n) is 14.2. The number of Topliss-reactive ketones (excluding diaryl/α,β-unsaturated/α-hetero) is 1. The van der Waals surface area contributed by atoms with Crippen LogP contribution in [0.25, 0.3) is 0 Å². The first-order valence-corrected chi connectivity index (χ1v) is 9.78. The van der Waals surface area contributed by atoms with Crippen LogP contribution in [-0.2, 0) is 9.59 Å². The summed E-state index contributed by atoms with van der Waals surface area (Å²) in [5.74, 6) is -1.29. The highest BCUT2D eigenvalue weighted by Gasteiger charge is 2.41. The summed E-state index contributed by atoms with van der Waals surface area (Å²) in [5.41, 5.74) is 1.19. The molecule has 2 atom stereocenters. The number of hydrogen-bond acceptors (Lipinski definition) is 4. The van der Waals surface area contributed by atoms with Gasteiger partial charge in [0.05, 0.1) is 6.04 Å². The highest BCUT2D eigenvalue weighted by atomic mass is 32.2. The van der Waals surface area contributed by atoms with Crippen LogP contribution in [0.1, 0.15) is 30.9 Å². The molecule has 2 fully saturated rings. The predicted octanol–water partition coefficient (Wildman–Crippen LogP) is 3.29. The summed E-state index contributed by atoms with van der Waals surface area (Å²) in [6.07, 6.45) is 5.68. The fourth-order valence-corrected chi connectivity index (χ4v) is 4.27. The number of aliphatic carboxylic acids is 1. The van der Waals surface area contributed by atoms with E-state index in [2.05, 4.69) is 0 Å². The Morgan fingerprint density at radius 1 is 1.32 bits per heavy atom. The molecule has 1 aliphatic carbocycles. The lowest BCUT2D eigenvalue weighted by molar-refractivity contribution is -0.131. The largest absolute Gasteiger partial charge is 0.478 e. The minimum absolute atomic E-state index is 0.00906. The number of carbonyl (C=O) groups excluding carboxylic acids is 1. The van der Waals surface area contributed by atoms with Crippen molar-refractivity contribution in [3.63, 3.8) is 0 Å². The second-order valence-corrected chi connectivity index (χ2v) is 7.68. The van der Waals surface area contributed by atoms with Gasteiger partial charge in [0.2, 0.25) is 0 Å². The van der Waals surface area contributed by atoms with E-state index in [1.54, 1.807) is 30.0 Å². The molecule has 0 radical (unpaired) electrons. The number of piperidine rings is 1. The van der Waals surface area contributed by atoms with Gasteiger partial charge in [-0.05, 0) is 37.2 Å². The van der Waals surface area contributed by atoms with Crippen molar-refractivity contribution >= 4 is 23.5 Å². The molecule has 3 rings (SSSR count). The van der Waals surface area contributed by atoms with Crippen molar-refractivity contribution < 1.29 is 19.1 Å². The maximum absolute atomic E-state index is 14.4. The number of benzene rings is 1. The first kappa shape index (κ1) is 18.1. The third-order valence-electron chi connectivity index (χ3n) is 4.89. The molecule has 0 amide bonds. The first-order valence-electron chi connectivity index (χ1n) is 8.49. The summed E-state index contributed by atoms with van der Waals surface area (Å²) < 4.78 is 14.4. The van der Waals surface area contributed by atoms with Crippen LogP contribution in [0.4, 0.5) is 4.39 Å². The summed E-state index contributed by atoms with van der Waals surface area (Å²) >= 11 is 1.62. The van der Waals surface area contributed by atoms with Crippen molar-refractivity contribution in [3.8, 4) is 0 Å². The highest BCUT2D eigenvalue weighted by Crippen LogP contribution is 2.40. The van der Waals surface area contributed by atoms with E-state index in [0.29, 0.717) is 18.7 Å². The maximum atomic E-state index is 14.4. The molecule has 0 bridgehead atoms. The topological polar surface area (TPSA) is 57.6 Å². The van der Waals surface area contributed by atoms with E-state index in [-0.39, 0.29) is 22.8 Å². The molecule has 0 spiro atoms. The number of likely N-dealkylation sites (tertiary alicyclic amines) is 1. The lowest BCUT2D eigenvalue weighted by Crippen LogP contribution is -2.43. The van der Waals surface area contributed by atoms with Crippen LogP contribution in [0.15, 0.2) is 35.9 Å². The summed E-state index contributed by atoms with van der Waals surface area (Å²) in [6.45, 7) is 1.04. The fraction of sp³-hybridized carbons (Fsp3) is 0.474. The molecular formula is C19H22FNO3S. The SMILES string of the molecule is CSC1CCN(C(C(=O)C2CC2)c2ccccc2F)CC1=CC(=O)O. The molecule has 1 saturated heterocycles. The summed E-state index contributed by atoms with van der Waals surface area (Å²) in [7, 11) is 0. The van der Waals surface area contributed by atoms with Crippen molar-refractivity contribution in [2.45, 2.75) is 30.6 Å². The van der Waals surface area contributed by atoms with Crippen molar-refractivity contribution in [1.29, 1.82) is 0 Å². The molecule has 134 valence electrons. The molecule has 1 aromatic carbocycles. The van der Waals surface area contributed by atoms with E-state index in [1.807, 2.05) is 11.2 Å². The molecule has 1 heterocycles. The molecule has 25 heavy (non-hydrogen) atoms. The maximum Gasteiger partial charge on any atom is 0.328 e. The van der Waals surface area contributed by atoms with E-state index >= 15 is 0 Å². The van der Waals surface area contributed by atoms with E-state index in [1.165, 1.54) is 12.1 Å². The Morgan fingerprint density at radius 3 is 2.64 bits per heavy atom. The second-order valence-electron chi connectivity index (χ2n) is 6.64. The van der Waals surface area contributed by atoms with E-state index in [4.69, 9.17) is 5.11 Å². The third-order valence-corrected chi connectivity index (χ3v) is 5.99. The fourth-order valence-electron chi connectivity index (χ4n) is 3.49. The average molecular weight is 363 g/mol. The molecule has 6 heteroatoms. The molecule has 0 aromatic heterocycles. The molecule has 1 N–H and O–H groups in total. The number of carboxylic acids is 1. The molecule has 1 aromatic rings. The van der Waals surface area contributed by atoms with Gasteiger partial charge in [0.15, 0.2) is 5.78 Å². The Hall–Kier alpha value is -1.66. The smallest absolute Gasteiger partial charge is 0.328 e. The number of halogens is 1. The number of thioether (sulfide) groups is 1. The molecule has 2 unspecified atom stereocenters. The molecular weight excluding hydrogens is 341 g/mol. The van der Waals surface area contributed by atoms with Crippen LogP contribution in [0.5, 0.6) is 0 Å². The van der Waals surface area contributed by atoms with E-state index in [9.17, 15) is 14.0 Å². The normalized spacial score (nSPS) is 24.2. The lowest BCUT2D eigenvalue weighted by Gasteiger charge is -2.38. The Bertz CT molecular complexity index is 702.